The first-order valence-corrected chi connectivity index (χ1v) is 15.3. The summed E-state index contributed by atoms with van der Waals surface area (Å²) in [7, 11) is -2.56. The summed E-state index contributed by atoms with van der Waals surface area (Å²) in [4.78, 5) is 12.1. The van der Waals surface area contributed by atoms with Crippen molar-refractivity contribution >= 4 is 26.8 Å². The monoisotopic (exact) mass is 592 g/mol. The predicted octanol–water partition coefficient (Wildman–Crippen LogP) is 5.41. The summed E-state index contributed by atoms with van der Waals surface area (Å²) in [5, 5.41) is 16.4. The van der Waals surface area contributed by atoms with E-state index in [9.17, 15) is 22.7 Å². The van der Waals surface area contributed by atoms with E-state index in [0.717, 1.165) is 22.4 Å². The predicted molar refractivity (Wildman–Crippen MR) is 163 cm³/mol. The van der Waals surface area contributed by atoms with Gasteiger partial charge in [0.05, 0.1) is 23.2 Å². The Morgan fingerprint density at radius 1 is 0.976 bits per heavy atom. The van der Waals surface area contributed by atoms with Gasteiger partial charge in [-0.15, -0.1) is 0 Å². The lowest BCUT2D eigenvalue weighted by Crippen LogP contribution is -2.47. The molecule has 0 aliphatic rings. The summed E-state index contributed by atoms with van der Waals surface area (Å²) < 4.78 is 47.1. The van der Waals surface area contributed by atoms with Crippen LogP contribution in [0.5, 0.6) is 0 Å². The van der Waals surface area contributed by atoms with E-state index in [-0.39, 0.29) is 35.7 Å². The number of rotatable bonds is 12. The van der Waals surface area contributed by atoms with E-state index < -0.39 is 27.9 Å². The van der Waals surface area contributed by atoms with E-state index in [0.29, 0.717) is 11.1 Å². The van der Waals surface area contributed by atoms with Crippen LogP contribution in [0.4, 0.5) is 4.39 Å². The number of β-amino-alcohol motifs (C(OH)–C–C–N with tert-alkyl or cyclic N) is 1. The fourth-order valence-electron chi connectivity index (χ4n) is 4.88. The van der Waals surface area contributed by atoms with Gasteiger partial charge in [0.15, 0.2) is 0 Å². The number of nitrogens with one attached hydrogen (secondary N) is 1. The first kappa shape index (κ1) is 31.3. The molecule has 42 heavy (non-hydrogen) atoms. The maximum atomic E-state index is 14.3. The third kappa shape index (κ3) is 7.80. The summed E-state index contributed by atoms with van der Waals surface area (Å²) in [6, 6.07) is 24.3. The van der Waals surface area contributed by atoms with Gasteiger partial charge < -0.3 is 15.2 Å². The number of aliphatic hydroxyl groups excluding tert-OH is 1. The van der Waals surface area contributed by atoms with Crippen LogP contribution in [0.3, 0.4) is 0 Å². The van der Waals surface area contributed by atoms with Crippen LogP contribution in [-0.4, -0.2) is 62.2 Å². The molecule has 2 N–H and O–H groups in total. The molecule has 0 aliphatic carbocycles. The highest BCUT2D eigenvalue weighted by atomic mass is 32.2. The van der Waals surface area contributed by atoms with Gasteiger partial charge in [0.2, 0.25) is 10.0 Å². The number of halogens is 1. The Kier molecular flexibility index (Phi) is 9.78. The second-order valence-corrected chi connectivity index (χ2v) is 13.1. The molecular formula is C33H37FN2O5S. The number of esters is 1. The third-order valence-electron chi connectivity index (χ3n) is 7.03. The average Bonchev–Trinajstić information content (AvgIpc) is 2.95. The molecule has 0 fully saturated rings. The number of aliphatic hydroxyl groups is 1. The van der Waals surface area contributed by atoms with Crippen LogP contribution in [0, 0.1) is 5.82 Å². The van der Waals surface area contributed by atoms with Crippen molar-refractivity contribution < 1.29 is 27.4 Å². The summed E-state index contributed by atoms with van der Waals surface area (Å²) in [6.07, 6.45) is -0.233. The van der Waals surface area contributed by atoms with E-state index in [1.165, 1.54) is 42.1 Å². The smallest absolute Gasteiger partial charge is 0.338 e. The van der Waals surface area contributed by atoms with Crippen molar-refractivity contribution in [2.45, 2.75) is 43.7 Å². The highest BCUT2D eigenvalue weighted by Gasteiger charge is 2.25. The molecule has 1 unspecified atom stereocenters. The zero-order valence-corrected chi connectivity index (χ0v) is 25.1. The zero-order valence-electron chi connectivity index (χ0n) is 24.3. The zero-order chi connectivity index (χ0) is 30.5. The molecular weight excluding hydrogens is 555 g/mol. The number of hydrogen-bond donors (Lipinski definition) is 2. The lowest BCUT2D eigenvalue weighted by Gasteiger charge is -2.29. The largest absolute Gasteiger partial charge is 0.462 e. The Morgan fingerprint density at radius 3 is 2.45 bits per heavy atom. The standard InChI is InChI=1S/C33H37FN2O5S/c1-5-41-32(38)28-16-27(17-29(34)18-28)26-11-8-12-31(19-26)42(39,40)36(4)22-30(37)21-35-33(2,3)20-23-13-14-24-9-6-7-10-25(24)15-23/h6-19,30,35,37H,5,20-22H2,1-4H3. The molecule has 4 aromatic carbocycles. The van der Waals surface area contributed by atoms with E-state index in [4.69, 9.17) is 4.74 Å². The second kappa shape index (κ2) is 13.1. The lowest BCUT2D eigenvalue weighted by molar-refractivity contribution is 0.0526. The van der Waals surface area contributed by atoms with Crippen LogP contribution in [0.25, 0.3) is 21.9 Å². The molecule has 222 valence electrons. The number of carbonyl (C=O) groups is 1. The second-order valence-electron chi connectivity index (χ2n) is 11.0. The van der Waals surface area contributed by atoms with Crippen molar-refractivity contribution in [2.24, 2.45) is 0 Å². The van der Waals surface area contributed by atoms with Crippen LogP contribution < -0.4 is 5.32 Å². The minimum absolute atomic E-state index is 0.0127. The van der Waals surface area contributed by atoms with Gasteiger partial charge in [0.25, 0.3) is 0 Å². The molecule has 0 spiro atoms. The SMILES string of the molecule is CCOC(=O)c1cc(F)cc(-c2cccc(S(=O)(=O)N(C)CC(O)CNC(C)(C)Cc3ccc4ccccc4c3)c2)c1. The Morgan fingerprint density at radius 2 is 1.71 bits per heavy atom. The Balaban J connectivity index is 1.41. The highest BCUT2D eigenvalue weighted by molar-refractivity contribution is 7.89. The van der Waals surface area contributed by atoms with Crippen molar-refractivity contribution in [1.29, 1.82) is 0 Å². The summed E-state index contributed by atoms with van der Waals surface area (Å²) >= 11 is 0. The first-order chi connectivity index (χ1) is 19.9. The molecule has 0 amide bonds. The van der Waals surface area contributed by atoms with E-state index >= 15 is 0 Å². The highest BCUT2D eigenvalue weighted by Crippen LogP contribution is 2.26. The molecule has 9 heteroatoms. The third-order valence-corrected chi connectivity index (χ3v) is 8.85. The minimum Gasteiger partial charge on any atom is -0.462 e. The molecule has 0 saturated heterocycles. The Hall–Kier alpha value is -3.63. The molecule has 1 atom stereocenters. The number of fused-ring (bicyclic) bond motifs is 1. The number of sulfonamides is 1. The Labute approximate surface area is 247 Å². The summed E-state index contributed by atoms with van der Waals surface area (Å²) in [6.45, 7) is 5.96. The average molecular weight is 593 g/mol. The molecule has 0 bridgehead atoms. The number of ether oxygens (including phenoxy) is 1. The van der Waals surface area contributed by atoms with Crippen molar-refractivity contribution in [3.05, 3.63) is 102 Å². The van der Waals surface area contributed by atoms with Crippen LogP contribution in [-0.2, 0) is 21.2 Å². The van der Waals surface area contributed by atoms with Gasteiger partial charge in [-0.3, -0.25) is 0 Å². The van der Waals surface area contributed by atoms with Crippen molar-refractivity contribution in [3.8, 4) is 11.1 Å². The van der Waals surface area contributed by atoms with Crippen molar-refractivity contribution in [3.63, 3.8) is 0 Å². The minimum atomic E-state index is -3.97. The number of benzene rings is 4. The molecule has 0 radical (unpaired) electrons. The topological polar surface area (TPSA) is 95.9 Å². The van der Waals surface area contributed by atoms with E-state index in [1.54, 1.807) is 19.1 Å². The number of likely N-dealkylation sites (N-methyl/N-ethyl adjacent to an activating group) is 1. The molecule has 0 saturated carbocycles. The van der Waals surface area contributed by atoms with Gasteiger partial charge in [-0.05, 0) is 85.0 Å². The van der Waals surface area contributed by atoms with Gasteiger partial charge in [0.1, 0.15) is 5.82 Å². The van der Waals surface area contributed by atoms with Crippen LogP contribution in [0.15, 0.2) is 89.8 Å². The summed E-state index contributed by atoms with van der Waals surface area (Å²) in [5.41, 5.74) is 1.62. The molecule has 0 heterocycles. The Bertz CT molecular complexity index is 1670. The molecule has 7 nitrogen and oxygen atoms in total. The quantitative estimate of drug-likeness (QED) is 0.214. The van der Waals surface area contributed by atoms with E-state index in [2.05, 4.69) is 35.6 Å². The lowest BCUT2D eigenvalue weighted by atomic mass is 9.93. The van der Waals surface area contributed by atoms with Crippen LogP contribution in [0.1, 0.15) is 36.7 Å². The first-order valence-electron chi connectivity index (χ1n) is 13.8. The molecule has 4 aromatic rings. The normalized spacial score (nSPS) is 12.9. The number of nitrogens with zero attached hydrogens (tertiary/aromatic N) is 1. The van der Waals surface area contributed by atoms with Gasteiger partial charge in [0, 0.05) is 25.7 Å². The van der Waals surface area contributed by atoms with E-state index in [1.807, 2.05) is 26.0 Å². The molecule has 0 aliphatic heterocycles. The summed E-state index contributed by atoms with van der Waals surface area (Å²) in [5.74, 6) is -1.30. The van der Waals surface area contributed by atoms with Crippen LogP contribution >= 0.6 is 0 Å². The van der Waals surface area contributed by atoms with Gasteiger partial charge in [-0.1, -0.05) is 54.6 Å². The maximum Gasteiger partial charge on any atom is 0.338 e. The maximum absolute atomic E-state index is 14.3. The van der Waals surface area contributed by atoms with Gasteiger partial charge >= 0.3 is 5.97 Å². The van der Waals surface area contributed by atoms with Crippen molar-refractivity contribution in [1.82, 2.24) is 9.62 Å². The molecule has 4 rings (SSSR count). The number of carbonyl (C=O) groups excluding carboxylic acids is 1. The fraction of sp³-hybridized carbons (Fsp3) is 0.303. The van der Waals surface area contributed by atoms with Crippen LogP contribution in [0.2, 0.25) is 0 Å². The van der Waals surface area contributed by atoms with Gasteiger partial charge in [-0.25, -0.2) is 17.6 Å². The molecule has 0 aromatic heterocycles. The van der Waals surface area contributed by atoms with Gasteiger partial charge in [-0.2, -0.15) is 4.31 Å². The van der Waals surface area contributed by atoms with Crippen molar-refractivity contribution in [2.75, 3.05) is 26.7 Å². The number of hydrogen-bond acceptors (Lipinski definition) is 6. The fourth-order valence-corrected chi connectivity index (χ4v) is 6.13.